The molecule has 0 radical (unpaired) electrons. The Morgan fingerprint density at radius 3 is 2.62 bits per heavy atom. The minimum atomic E-state index is 0.353. The van der Waals surface area contributed by atoms with E-state index in [-0.39, 0.29) is 0 Å². The third-order valence-corrected chi connectivity index (χ3v) is 7.45. The van der Waals surface area contributed by atoms with Crippen LogP contribution in [0, 0.1) is 0 Å². The smallest absolute Gasteiger partial charge is 0.163 e. The summed E-state index contributed by atoms with van der Waals surface area (Å²) in [4.78, 5) is 21.7. The summed E-state index contributed by atoms with van der Waals surface area (Å²) in [5, 5.41) is 0. The molecule has 2 aliphatic rings. The molecule has 0 spiro atoms. The van der Waals surface area contributed by atoms with Crippen molar-refractivity contribution in [3.8, 4) is 17.1 Å². The highest BCUT2D eigenvalue weighted by Crippen LogP contribution is 2.32. The van der Waals surface area contributed by atoms with Crippen LogP contribution in [0.5, 0.6) is 5.75 Å². The first kappa shape index (κ1) is 25.6. The molecule has 2 aromatic heterocycles. The van der Waals surface area contributed by atoms with Crippen LogP contribution in [0.2, 0.25) is 0 Å². The second-order valence-corrected chi connectivity index (χ2v) is 10.2. The van der Waals surface area contributed by atoms with Gasteiger partial charge in [0.1, 0.15) is 11.6 Å². The minimum absolute atomic E-state index is 0.353. The van der Waals surface area contributed by atoms with E-state index in [9.17, 15) is 0 Å². The first-order valence-corrected chi connectivity index (χ1v) is 13.2. The molecular weight excluding hydrogens is 464 g/mol. The molecule has 3 aromatic rings. The van der Waals surface area contributed by atoms with Crippen LogP contribution in [0.15, 0.2) is 48.8 Å². The number of piperidine rings is 1. The zero-order valence-corrected chi connectivity index (χ0v) is 22.3. The second kappa shape index (κ2) is 12.0. The van der Waals surface area contributed by atoms with Crippen molar-refractivity contribution in [2.75, 3.05) is 65.4 Å². The van der Waals surface area contributed by atoms with Gasteiger partial charge in [0.05, 0.1) is 19.4 Å². The zero-order valence-electron chi connectivity index (χ0n) is 22.3. The van der Waals surface area contributed by atoms with Gasteiger partial charge in [0.25, 0.3) is 0 Å². The number of benzene rings is 1. The molecule has 0 unspecified atom stereocenters. The predicted molar refractivity (Wildman–Crippen MR) is 146 cm³/mol. The van der Waals surface area contributed by atoms with Crippen molar-refractivity contribution in [3.05, 3.63) is 65.6 Å². The van der Waals surface area contributed by atoms with Crippen molar-refractivity contribution in [3.63, 3.8) is 0 Å². The van der Waals surface area contributed by atoms with E-state index in [1.165, 1.54) is 11.1 Å². The lowest BCUT2D eigenvalue weighted by molar-refractivity contribution is 0.183. The van der Waals surface area contributed by atoms with Gasteiger partial charge < -0.3 is 19.3 Å². The topological polar surface area (TPSA) is 66.9 Å². The largest absolute Gasteiger partial charge is 0.496 e. The second-order valence-electron chi connectivity index (χ2n) is 10.2. The van der Waals surface area contributed by atoms with Crippen molar-refractivity contribution in [2.45, 2.75) is 31.9 Å². The first-order chi connectivity index (χ1) is 18.1. The number of hydrogen-bond donors (Lipinski definition) is 0. The van der Waals surface area contributed by atoms with Crippen LogP contribution in [-0.2, 0) is 17.9 Å². The van der Waals surface area contributed by atoms with Crippen LogP contribution < -0.4 is 9.64 Å². The molecule has 2 aliphatic heterocycles. The Labute approximate surface area is 220 Å². The standard InChI is InChI=1S/C29H38N6O2/c1-33-12-14-35(15-13-33)28-17-26(31-29(32-28)23-6-4-10-30-18-23)24-7-5-11-34(19-24)20-25-16-22(21-36-2)8-9-27(25)37-3/h4,6,8-10,16-18,24H,5,7,11-15,19-21H2,1-3H3/t24-/m1/s1. The van der Waals surface area contributed by atoms with Crippen molar-refractivity contribution in [1.29, 1.82) is 0 Å². The average Bonchev–Trinajstić information content (AvgIpc) is 2.94. The third-order valence-electron chi connectivity index (χ3n) is 7.45. The van der Waals surface area contributed by atoms with E-state index in [2.05, 4.69) is 51.0 Å². The molecule has 0 bridgehead atoms. The highest BCUT2D eigenvalue weighted by molar-refractivity contribution is 5.57. The minimum Gasteiger partial charge on any atom is -0.496 e. The fourth-order valence-electron chi connectivity index (χ4n) is 5.38. The number of piperazine rings is 1. The lowest BCUT2D eigenvalue weighted by Gasteiger charge is -2.35. The number of hydrogen-bond acceptors (Lipinski definition) is 8. The first-order valence-electron chi connectivity index (χ1n) is 13.2. The lowest BCUT2D eigenvalue weighted by Crippen LogP contribution is -2.45. The summed E-state index contributed by atoms with van der Waals surface area (Å²) in [6, 6.07) is 12.6. The SMILES string of the molecule is COCc1ccc(OC)c(CN2CCC[C@@H](c3cc(N4CCN(C)CC4)nc(-c4cccnc4)n3)C2)c1. The van der Waals surface area contributed by atoms with Crippen LogP contribution in [0.3, 0.4) is 0 Å². The van der Waals surface area contributed by atoms with Gasteiger partial charge in [-0.25, -0.2) is 9.97 Å². The number of likely N-dealkylation sites (tertiary alicyclic amines) is 1. The maximum absolute atomic E-state index is 5.68. The third kappa shape index (κ3) is 6.26. The Kier molecular flexibility index (Phi) is 8.28. The highest BCUT2D eigenvalue weighted by atomic mass is 16.5. The summed E-state index contributed by atoms with van der Waals surface area (Å²) in [5.41, 5.74) is 4.47. The van der Waals surface area contributed by atoms with E-state index in [0.29, 0.717) is 12.5 Å². The summed E-state index contributed by atoms with van der Waals surface area (Å²) in [5.74, 6) is 3.08. The molecule has 0 amide bonds. The van der Waals surface area contributed by atoms with Gasteiger partial charge in [0.15, 0.2) is 5.82 Å². The monoisotopic (exact) mass is 502 g/mol. The summed E-state index contributed by atoms with van der Waals surface area (Å²) in [6.07, 6.45) is 5.92. The van der Waals surface area contributed by atoms with Crippen LogP contribution in [0.4, 0.5) is 5.82 Å². The number of pyridine rings is 1. The number of aromatic nitrogens is 3. The van der Waals surface area contributed by atoms with E-state index in [1.54, 1.807) is 20.4 Å². The number of nitrogens with zero attached hydrogens (tertiary/aromatic N) is 6. The molecule has 0 aliphatic carbocycles. The Hall–Kier alpha value is -3.07. The van der Waals surface area contributed by atoms with Gasteiger partial charge in [-0.05, 0) is 56.3 Å². The number of likely N-dealkylation sites (N-methyl/N-ethyl adjacent to an activating group) is 1. The molecule has 2 saturated heterocycles. The zero-order chi connectivity index (χ0) is 25.6. The van der Waals surface area contributed by atoms with Gasteiger partial charge in [-0.3, -0.25) is 9.88 Å². The van der Waals surface area contributed by atoms with E-state index < -0.39 is 0 Å². The maximum atomic E-state index is 5.68. The fourth-order valence-corrected chi connectivity index (χ4v) is 5.38. The maximum Gasteiger partial charge on any atom is 0.163 e. The summed E-state index contributed by atoms with van der Waals surface area (Å²) in [6.45, 7) is 7.53. The number of methoxy groups -OCH3 is 2. The van der Waals surface area contributed by atoms with Gasteiger partial charge in [0, 0.05) is 81.9 Å². The molecule has 5 rings (SSSR count). The molecule has 0 saturated carbocycles. The highest BCUT2D eigenvalue weighted by Gasteiger charge is 2.26. The van der Waals surface area contributed by atoms with Crippen molar-refractivity contribution in [2.24, 2.45) is 0 Å². The normalized spacial score (nSPS) is 19.2. The average molecular weight is 503 g/mol. The molecule has 8 nitrogen and oxygen atoms in total. The number of anilines is 1. The summed E-state index contributed by atoms with van der Waals surface area (Å²) < 4.78 is 11.0. The van der Waals surface area contributed by atoms with Gasteiger partial charge in [-0.15, -0.1) is 0 Å². The van der Waals surface area contributed by atoms with E-state index in [1.807, 2.05) is 18.3 Å². The van der Waals surface area contributed by atoms with Crippen molar-refractivity contribution >= 4 is 5.82 Å². The van der Waals surface area contributed by atoms with Gasteiger partial charge >= 0.3 is 0 Å². The van der Waals surface area contributed by atoms with Crippen LogP contribution in [0.25, 0.3) is 11.4 Å². The van der Waals surface area contributed by atoms with E-state index in [0.717, 1.165) is 87.3 Å². The lowest BCUT2D eigenvalue weighted by atomic mass is 9.93. The molecule has 2 fully saturated rings. The van der Waals surface area contributed by atoms with Crippen molar-refractivity contribution < 1.29 is 9.47 Å². The molecule has 37 heavy (non-hydrogen) atoms. The fraction of sp³-hybridized carbons (Fsp3) is 0.483. The molecule has 196 valence electrons. The quantitative estimate of drug-likeness (QED) is 0.461. The van der Waals surface area contributed by atoms with Gasteiger partial charge in [-0.2, -0.15) is 0 Å². The Morgan fingerprint density at radius 1 is 1.00 bits per heavy atom. The van der Waals surface area contributed by atoms with Gasteiger partial charge in [-0.1, -0.05) is 6.07 Å². The molecule has 0 N–H and O–H groups in total. The van der Waals surface area contributed by atoms with Crippen LogP contribution in [0.1, 0.15) is 35.6 Å². The van der Waals surface area contributed by atoms with Crippen LogP contribution >= 0.6 is 0 Å². The Bertz CT molecular complexity index is 1170. The molecular formula is C29H38N6O2. The van der Waals surface area contributed by atoms with Gasteiger partial charge in [0.2, 0.25) is 0 Å². The molecule has 1 atom stereocenters. The molecule has 1 aromatic carbocycles. The summed E-state index contributed by atoms with van der Waals surface area (Å²) in [7, 11) is 5.66. The predicted octanol–water partition coefficient (Wildman–Crippen LogP) is 3.83. The van der Waals surface area contributed by atoms with Crippen LogP contribution in [-0.4, -0.2) is 85.3 Å². The van der Waals surface area contributed by atoms with Crippen molar-refractivity contribution in [1.82, 2.24) is 24.8 Å². The number of ether oxygens (including phenoxy) is 2. The Balaban J connectivity index is 1.40. The molecule has 8 heteroatoms. The Morgan fingerprint density at radius 2 is 1.86 bits per heavy atom. The van der Waals surface area contributed by atoms with E-state index in [4.69, 9.17) is 19.4 Å². The number of rotatable bonds is 8. The summed E-state index contributed by atoms with van der Waals surface area (Å²) >= 11 is 0. The van der Waals surface area contributed by atoms with E-state index >= 15 is 0 Å². The molecule has 4 heterocycles.